The molecule has 0 bridgehead atoms. The van der Waals surface area contributed by atoms with Crippen LogP contribution in [0.5, 0.6) is 0 Å². The second kappa shape index (κ2) is 8.37. The van der Waals surface area contributed by atoms with Crippen molar-refractivity contribution in [3.8, 4) is 0 Å². The topological polar surface area (TPSA) is 48.5 Å². The van der Waals surface area contributed by atoms with Gasteiger partial charge in [0.1, 0.15) is 5.82 Å². The molecular weight excluding hydrogens is 336 g/mol. The van der Waals surface area contributed by atoms with Crippen molar-refractivity contribution >= 4 is 23.3 Å². The maximum atomic E-state index is 12.6. The van der Waals surface area contributed by atoms with E-state index in [1.54, 1.807) is 12.3 Å². The van der Waals surface area contributed by atoms with E-state index in [2.05, 4.69) is 29.0 Å². The van der Waals surface area contributed by atoms with Crippen LogP contribution in [0.2, 0.25) is 5.02 Å². The lowest BCUT2D eigenvalue weighted by Gasteiger charge is -2.35. The van der Waals surface area contributed by atoms with Crippen molar-refractivity contribution < 1.29 is 4.79 Å². The Labute approximate surface area is 155 Å². The Balaban J connectivity index is 1.59. The van der Waals surface area contributed by atoms with E-state index >= 15 is 0 Å². The molecule has 2 aliphatic rings. The van der Waals surface area contributed by atoms with Crippen LogP contribution >= 0.6 is 11.6 Å². The molecule has 0 aromatic carbocycles. The van der Waals surface area contributed by atoms with Gasteiger partial charge in [0.25, 0.3) is 5.91 Å². The van der Waals surface area contributed by atoms with E-state index in [9.17, 15) is 4.79 Å². The van der Waals surface area contributed by atoms with Crippen molar-refractivity contribution in [3.05, 3.63) is 22.8 Å². The molecule has 0 aliphatic carbocycles. The van der Waals surface area contributed by atoms with Crippen molar-refractivity contribution in [3.63, 3.8) is 0 Å². The Hall–Kier alpha value is -1.33. The summed E-state index contributed by atoms with van der Waals surface area (Å²) in [4.78, 5) is 21.4. The van der Waals surface area contributed by atoms with Crippen molar-refractivity contribution in [1.82, 2.24) is 14.8 Å². The predicted octanol–water partition coefficient (Wildman–Crippen LogP) is 3.65. The maximum Gasteiger partial charge on any atom is 0.255 e. The number of hydrogen-bond donors (Lipinski definition) is 1. The average Bonchev–Trinajstić information content (AvgIpc) is 2.64. The summed E-state index contributed by atoms with van der Waals surface area (Å²) in [7, 11) is 0. The smallest absolute Gasteiger partial charge is 0.255 e. The van der Waals surface area contributed by atoms with Crippen LogP contribution in [0, 0.1) is 0 Å². The molecule has 1 N–H and O–H groups in total. The zero-order valence-electron chi connectivity index (χ0n) is 15.3. The van der Waals surface area contributed by atoms with Crippen LogP contribution < -0.4 is 5.32 Å². The first kappa shape index (κ1) is 18.5. The van der Waals surface area contributed by atoms with Crippen LogP contribution in [0.25, 0.3) is 0 Å². The van der Waals surface area contributed by atoms with Crippen molar-refractivity contribution in [2.45, 2.75) is 58.0 Å². The lowest BCUT2D eigenvalue weighted by atomic mass is 10.0. The van der Waals surface area contributed by atoms with Gasteiger partial charge in [0, 0.05) is 44.5 Å². The summed E-state index contributed by atoms with van der Waals surface area (Å²) in [6, 6.07) is 2.75. The van der Waals surface area contributed by atoms with Crippen LogP contribution in [0.15, 0.2) is 12.3 Å². The second-order valence-electron chi connectivity index (χ2n) is 7.46. The zero-order chi connectivity index (χ0) is 17.8. The summed E-state index contributed by atoms with van der Waals surface area (Å²) in [5.74, 6) is 0.741. The molecular formula is C19H29ClN4O. The molecule has 0 spiro atoms. The Kier molecular flexibility index (Phi) is 6.18. The number of anilines is 1. The highest BCUT2D eigenvalue weighted by Crippen LogP contribution is 2.25. The molecule has 2 fully saturated rings. The number of aromatic nitrogens is 1. The standard InChI is InChI=1S/C19H29ClN4O/c1-14(2)23-10-6-16(7-11-23)22-18-17(20)12-15(13-21-18)19(25)24-8-4-3-5-9-24/h12-14,16H,3-11H2,1-2H3,(H,21,22). The Morgan fingerprint density at radius 3 is 2.48 bits per heavy atom. The van der Waals surface area contributed by atoms with Crippen LogP contribution in [0.3, 0.4) is 0 Å². The first-order valence-electron chi connectivity index (χ1n) is 9.50. The number of likely N-dealkylation sites (tertiary alicyclic amines) is 2. The molecule has 25 heavy (non-hydrogen) atoms. The van der Waals surface area contributed by atoms with Gasteiger partial charge in [-0.1, -0.05) is 11.6 Å². The number of halogens is 1. The molecule has 5 nitrogen and oxygen atoms in total. The highest BCUT2D eigenvalue weighted by Gasteiger charge is 2.23. The third-order valence-corrected chi connectivity index (χ3v) is 5.62. The lowest BCUT2D eigenvalue weighted by Crippen LogP contribution is -2.42. The van der Waals surface area contributed by atoms with Crippen molar-refractivity contribution in [2.75, 3.05) is 31.5 Å². The number of rotatable bonds is 4. The molecule has 2 aliphatic heterocycles. The summed E-state index contributed by atoms with van der Waals surface area (Å²) in [6.45, 7) is 8.35. The molecule has 2 saturated heterocycles. The minimum Gasteiger partial charge on any atom is -0.366 e. The summed E-state index contributed by atoms with van der Waals surface area (Å²) in [5, 5.41) is 4.00. The van der Waals surface area contributed by atoms with Gasteiger partial charge in [-0.3, -0.25) is 4.79 Å². The predicted molar refractivity (Wildman–Crippen MR) is 102 cm³/mol. The number of carbonyl (C=O) groups is 1. The SMILES string of the molecule is CC(C)N1CCC(Nc2ncc(C(=O)N3CCCCC3)cc2Cl)CC1. The molecule has 0 atom stereocenters. The van der Waals surface area contributed by atoms with E-state index in [-0.39, 0.29) is 5.91 Å². The van der Waals surface area contributed by atoms with Gasteiger partial charge in [-0.05, 0) is 52.0 Å². The normalized spacial score (nSPS) is 20.1. The molecule has 1 aromatic heterocycles. The number of hydrogen-bond acceptors (Lipinski definition) is 4. The third-order valence-electron chi connectivity index (χ3n) is 5.33. The van der Waals surface area contributed by atoms with Gasteiger partial charge in [-0.15, -0.1) is 0 Å². The van der Waals surface area contributed by atoms with E-state index in [1.165, 1.54) is 6.42 Å². The fourth-order valence-electron chi connectivity index (χ4n) is 3.69. The summed E-state index contributed by atoms with van der Waals surface area (Å²) >= 11 is 6.40. The summed E-state index contributed by atoms with van der Waals surface area (Å²) in [5.41, 5.74) is 0.590. The van der Waals surface area contributed by atoms with Gasteiger partial charge >= 0.3 is 0 Å². The first-order valence-corrected chi connectivity index (χ1v) is 9.88. The zero-order valence-corrected chi connectivity index (χ0v) is 16.1. The van der Waals surface area contributed by atoms with E-state index in [0.29, 0.717) is 28.5 Å². The minimum atomic E-state index is 0.0471. The van der Waals surface area contributed by atoms with E-state index in [4.69, 9.17) is 11.6 Å². The van der Waals surface area contributed by atoms with Gasteiger partial charge in [0.05, 0.1) is 10.6 Å². The first-order chi connectivity index (χ1) is 12.0. The molecule has 1 aromatic rings. The van der Waals surface area contributed by atoms with E-state index in [0.717, 1.165) is 51.9 Å². The highest BCUT2D eigenvalue weighted by atomic mass is 35.5. The Morgan fingerprint density at radius 2 is 1.88 bits per heavy atom. The number of pyridine rings is 1. The fourth-order valence-corrected chi connectivity index (χ4v) is 3.92. The molecule has 1 amide bonds. The van der Waals surface area contributed by atoms with Gasteiger partial charge in [-0.2, -0.15) is 0 Å². The van der Waals surface area contributed by atoms with Crippen LogP contribution in [0.4, 0.5) is 5.82 Å². The number of amides is 1. The van der Waals surface area contributed by atoms with Crippen LogP contribution in [-0.4, -0.2) is 59.0 Å². The van der Waals surface area contributed by atoms with Crippen molar-refractivity contribution in [1.29, 1.82) is 0 Å². The third kappa shape index (κ3) is 4.64. The molecule has 0 unspecified atom stereocenters. The Bertz CT molecular complexity index is 593. The van der Waals surface area contributed by atoms with Gasteiger partial charge in [0.2, 0.25) is 0 Å². The van der Waals surface area contributed by atoms with Crippen LogP contribution in [-0.2, 0) is 0 Å². The Morgan fingerprint density at radius 1 is 1.20 bits per heavy atom. The number of piperidine rings is 2. The highest BCUT2D eigenvalue weighted by molar-refractivity contribution is 6.33. The number of nitrogens with zero attached hydrogens (tertiary/aromatic N) is 3. The average molecular weight is 365 g/mol. The monoisotopic (exact) mass is 364 g/mol. The van der Waals surface area contributed by atoms with Gasteiger partial charge in [0.15, 0.2) is 0 Å². The summed E-state index contributed by atoms with van der Waals surface area (Å²) in [6.07, 6.45) is 7.22. The van der Waals surface area contributed by atoms with Gasteiger partial charge in [-0.25, -0.2) is 4.98 Å². The molecule has 3 heterocycles. The largest absolute Gasteiger partial charge is 0.366 e. The molecule has 138 valence electrons. The number of carbonyl (C=O) groups excluding carboxylic acids is 1. The van der Waals surface area contributed by atoms with E-state index < -0.39 is 0 Å². The maximum absolute atomic E-state index is 12.6. The minimum absolute atomic E-state index is 0.0471. The van der Waals surface area contributed by atoms with Gasteiger partial charge < -0.3 is 15.1 Å². The molecule has 3 rings (SSSR count). The summed E-state index contributed by atoms with van der Waals surface area (Å²) < 4.78 is 0. The van der Waals surface area contributed by atoms with Crippen LogP contribution in [0.1, 0.15) is 56.3 Å². The lowest BCUT2D eigenvalue weighted by molar-refractivity contribution is 0.0724. The fraction of sp³-hybridized carbons (Fsp3) is 0.684. The van der Waals surface area contributed by atoms with Crippen molar-refractivity contribution in [2.24, 2.45) is 0 Å². The number of nitrogens with one attached hydrogen (secondary N) is 1. The second-order valence-corrected chi connectivity index (χ2v) is 7.86. The quantitative estimate of drug-likeness (QED) is 0.886. The molecule has 0 saturated carbocycles. The molecule has 6 heteroatoms. The van der Waals surface area contributed by atoms with E-state index in [1.807, 2.05) is 4.90 Å². The molecule has 0 radical (unpaired) electrons.